The van der Waals surface area contributed by atoms with Crippen LogP contribution in [0.1, 0.15) is 0 Å². The largest absolute Gasteiger partial charge is 0.257 e. The topological polar surface area (TPSA) is 106 Å². The van der Waals surface area contributed by atoms with Gasteiger partial charge < -0.3 is 0 Å². The van der Waals surface area contributed by atoms with Crippen LogP contribution >= 0.6 is 0 Å². The minimum Gasteiger partial charge on any atom is -0.257 e. The lowest BCUT2D eigenvalue weighted by Crippen LogP contribution is -2.03. The molecule has 0 amide bonds. The Bertz CT molecular complexity index is 1580. The van der Waals surface area contributed by atoms with Crippen LogP contribution < -0.4 is 0 Å². The van der Waals surface area contributed by atoms with Crippen molar-refractivity contribution >= 4 is 9.84 Å². The molecule has 0 spiro atoms. The molecule has 0 unspecified atom stereocenters. The van der Waals surface area contributed by atoms with Crippen molar-refractivity contribution < 1.29 is 17.2 Å². The minimum absolute atomic E-state index is 0.142. The first-order chi connectivity index (χ1) is 16.3. The van der Waals surface area contributed by atoms with Crippen molar-refractivity contribution in [2.75, 3.05) is 6.26 Å². The van der Waals surface area contributed by atoms with Gasteiger partial charge in [-0.2, -0.15) is 5.10 Å². The maximum atomic E-state index is 15.3. The fourth-order valence-electron chi connectivity index (χ4n) is 3.43. The molecule has 0 aliphatic carbocycles. The van der Waals surface area contributed by atoms with E-state index >= 15 is 4.39 Å². The average molecular weight is 478 g/mol. The molecule has 5 rings (SSSR count). The highest BCUT2D eigenvalue weighted by Crippen LogP contribution is 2.30. The number of hydrogen-bond acceptors (Lipinski definition) is 6. The van der Waals surface area contributed by atoms with Crippen molar-refractivity contribution in [3.05, 3.63) is 84.7 Å². The number of rotatable bonds is 5. The van der Waals surface area contributed by atoms with E-state index in [0.29, 0.717) is 16.8 Å². The zero-order valence-corrected chi connectivity index (χ0v) is 18.5. The number of benzene rings is 3. The van der Waals surface area contributed by atoms with Crippen LogP contribution in [0.3, 0.4) is 0 Å². The monoisotopic (exact) mass is 478 g/mol. The van der Waals surface area contributed by atoms with Crippen LogP contribution in [-0.4, -0.2) is 44.6 Å². The molecule has 2 aromatic heterocycles. The van der Waals surface area contributed by atoms with Gasteiger partial charge in [0.05, 0.1) is 16.1 Å². The van der Waals surface area contributed by atoms with Crippen LogP contribution in [0.25, 0.3) is 39.9 Å². The fourth-order valence-corrected chi connectivity index (χ4v) is 4.06. The van der Waals surface area contributed by atoms with Crippen LogP contribution in [0.15, 0.2) is 78.0 Å². The van der Waals surface area contributed by atoms with Gasteiger partial charge in [-0.25, -0.2) is 31.8 Å². The zero-order valence-electron chi connectivity index (χ0n) is 17.6. The van der Waals surface area contributed by atoms with Gasteiger partial charge in [-0.1, -0.05) is 18.2 Å². The Morgan fingerprint density at radius 3 is 2.24 bits per heavy atom. The van der Waals surface area contributed by atoms with E-state index in [1.165, 1.54) is 41.3 Å². The SMILES string of the molecule is CS(=O)(=O)c1ccc(-n2nc(-c3ncn[nH]3)nc2-c2ccc(-c3ccc(F)cc3)cc2F)cc1. The Morgan fingerprint density at radius 2 is 1.62 bits per heavy atom. The predicted molar refractivity (Wildman–Crippen MR) is 121 cm³/mol. The van der Waals surface area contributed by atoms with Gasteiger partial charge in [-0.3, -0.25) is 5.10 Å². The lowest BCUT2D eigenvalue weighted by molar-refractivity contribution is 0.602. The van der Waals surface area contributed by atoms with E-state index < -0.39 is 15.7 Å². The lowest BCUT2D eigenvalue weighted by atomic mass is 10.0. The molecule has 0 fully saturated rings. The van der Waals surface area contributed by atoms with E-state index in [-0.39, 0.29) is 33.7 Å². The highest BCUT2D eigenvalue weighted by atomic mass is 32.2. The molecule has 11 heteroatoms. The Labute approximate surface area is 192 Å². The molecule has 2 heterocycles. The second-order valence-corrected chi connectivity index (χ2v) is 9.49. The van der Waals surface area contributed by atoms with Crippen molar-refractivity contribution in [2.24, 2.45) is 0 Å². The predicted octanol–water partition coefficient (Wildman–Crippen LogP) is 4.07. The number of sulfone groups is 1. The van der Waals surface area contributed by atoms with E-state index in [2.05, 4.69) is 25.3 Å². The Kier molecular flexibility index (Phi) is 5.25. The summed E-state index contributed by atoms with van der Waals surface area (Å²) in [5.41, 5.74) is 1.87. The molecule has 5 aromatic rings. The second kappa shape index (κ2) is 8.27. The molecular formula is C23H16F2N6O2S. The molecule has 8 nitrogen and oxygen atoms in total. The number of nitrogens with one attached hydrogen (secondary N) is 1. The van der Waals surface area contributed by atoms with E-state index in [9.17, 15) is 12.8 Å². The summed E-state index contributed by atoms with van der Waals surface area (Å²) in [6, 6.07) is 16.3. The standard InChI is InChI=1S/C23H16F2N6O2S/c1-34(32,33)18-9-7-17(8-10-18)31-23(28-22(30-31)21-26-13-27-29-21)19-11-4-15(12-20(19)25)14-2-5-16(24)6-3-14/h2-13H,1H3,(H,26,27,29). The zero-order chi connectivity index (χ0) is 23.9. The Morgan fingerprint density at radius 1 is 0.912 bits per heavy atom. The first kappa shape index (κ1) is 21.6. The second-order valence-electron chi connectivity index (χ2n) is 7.47. The summed E-state index contributed by atoms with van der Waals surface area (Å²) in [6.07, 6.45) is 2.41. The summed E-state index contributed by atoms with van der Waals surface area (Å²) in [5.74, 6) is -0.289. The van der Waals surface area contributed by atoms with Gasteiger partial charge in [0.25, 0.3) is 0 Å². The molecule has 0 saturated heterocycles. The fraction of sp³-hybridized carbons (Fsp3) is 0.0435. The highest BCUT2D eigenvalue weighted by molar-refractivity contribution is 7.90. The van der Waals surface area contributed by atoms with Gasteiger partial charge in [0.15, 0.2) is 21.5 Å². The molecule has 0 bridgehead atoms. The summed E-state index contributed by atoms with van der Waals surface area (Å²) < 4.78 is 53.6. The van der Waals surface area contributed by atoms with Crippen molar-refractivity contribution in [3.63, 3.8) is 0 Å². The van der Waals surface area contributed by atoms with Crippen LogP contribution in [0.4, 0.5) is 8.78 Å². The smallest absolute Gasteiger partial charge is 0.219 e. The average Bonchev–Trinajstić information content (AvgIpc) is 3.49. The first-order valence-corrected chi connectivity index (χ1v) is 11.9. The lowest BCUT2D eigenvalue weighted by Gasteiger charge is -2.09. The number of aromatic amines is 1. The Balaban J connectivity index is 1.63. The van der Waals surface area contributed by atoms with Crippen LogP contribution in [-0.2, 0) is 9.84 Å². The van der Waals surface area contributed by atoms with Gasteiger partial charge in [-0.15, -0.1) is 5.10 Å². The third-order valence-corrected chi connectivity index (χ3v) is 6.26. The van der Waals surface area contributed by atoms with E-state index in [4.69, 9.17) is 0 Å². The number of halogens is 2. The summed E-state index contributed by atoms with van der Waals surface area (Å²) >= 11 is 0. The first-order valence-electron chi connectivity index (χ1n) is 9.99. The molecule has 3 aromatic carbocycles. The third-order valence-electron chi connectivity index (χ3n) is 5.13. The van der Waals surface area contributed by atoms with Crippen LogP contribution in [0.5, 0.6) is 0 Å². The highest BCUT2D eigenvalue weighted by Gasteiger charge is 2.20. The molecule has 0 atom stereocenters. The maximum absolute atomic E-state index is 15.3. The van der Waals surface area contributed by atoms with Crippen molar-refractivity contribution in [3.8, 4) is 39.9 Å². The Hall–Kier alpha value is -4.25. The third kappa shape index (κ3) is 4.08. The van der Waals surface area contributed by atoms with Crippen LogP contribution in [0, 0.1) is 11.6 Å². The van der Waals surface area contributed by atoms with Crippen molar-refractivity contribution in [1.82, 2.24) is 29.9 Å². The summed E-state index contributed by atoms with van der Waals surface area (Å²) in [5, 5.41) is 10.9. The summed E-state index contributed by atoms with van der Waals surface area (Å²) in [4.78, 5) is 8.65. The molecule has 0 saturated carbocycles. The molecule has 0 aliphatic heterocycles. The maximum Gasteiger partial charge on any atom is 0.219 e. The molecule has 0 radical (unpaired) electrons. The van der Waals surface area contributed by atoms with Crippen LogP contribution in [0.2, 0.25) is 0 Å². The number of H-pyrrole nitrogens is 1. The van der Waals surface area contributed by atoms with Gasteiger partial charge in [0, 0.05) is 6.26 Å². The van der Waals surface area contributed by atoms with E-state index in [1.807, 2.05) is 0 Å². The van der Waals surface area contributed by atoms with Crippen molar-refractivity contribution in [2.45, 2.75) is 4.90 Å². The number of hydrogen-bond donors (Lipinski definition) is 1. The molecular weight excluding hydrogens is 462 g/mol. The van der Waals surface area contributed by atoms with Gasteiger partial charge in [-0.05, 0) is 59.7 Å². The summed E-state index contributed by atoms with van der Waals surface area (Å²) in [7, 11) is -3.39. The number of nitrogens with zero attached hydrogens (tertiary/aromatic N) is 5. The van der Waals surface area contributed by atoms with E-state index in [1.54, 1.807) is 36.4 Å². The van der Waals surface area contributed by atoms with Gasteiger partial charge in [0.1, 0.15) is 18.0 Å². The molecule has 34 heavy (non-hydrogen) atoms. The molecule has 170 valence electrons. The van der Waals surface area contributed by atoms with E-state index in [0.717, 1.165) is 6.26 Å². The minimum atomic E-state index is -3.39. The molecule has 1 N–H and O–H groups in total. The quantitative estimate of drug-likeness (QED) is 0.408. The normalized spacial score (nSPS) is 11.6. The number of aromatic nitrogens is 6. The van der Waals surface area contributed by atoms with Crippen molar-refractivity contribution in [1.29, 1.82) is 0 Å². The van der Waals surface area contributed by atoms with Gasteiger partial charge >= 0.3 is 0 Å². The summed E-state index contributed by atoms with van der Waals surface area (Å²) in [6.45, 7) is 0. The molecule has 0 aliphatic rings. The van der Waals surface area contributed by atoms with Gasteiger partial charge in [0.2, 0.25) is 5.82 Å².